The molecule has 4 heteroatoms. The van der Waals surface area contributed by atoms with Crippen LogP contribution in [0.25, 0.3) is 0 Å². The molecule has 18 heavy (non-hydrogen) atoms. The first kappa shape index (κ1) is 12.5. The van der Waals surface area contributed by atoms with Crippen LogP contribution in [0.2, 0.25) is 0 Å². The number of carbonyl (C=O) groups excluding carboxylic acids is 1. The Bertz CT molecular complexity index is 526. The van der Waals surface area contributed by atoms with Crippen molar-refractivity contribution in [3.05, 3.63) is 54.1 Å². The second-order valence-corrected chi connectivity index (χ2v) is 4.28. The number of ether oxygens (including phenoxy) is 1. The van der Waals surface area contributed by atoms with E-state index in [1.807, 2.05) is 30.3 Å². The maximum atomic E-state index is 11.0. The molecule has 0 fully saturated rings. The summed E-state index contributed by atoms with van der Waals surface area (Å²) >= 11 is 1.19. The number of rotatable bonds is 5. The summed E-state index contributed by atoms with van der Waals surface area (Å²) in [6, 6.07) is 14.8. The lowest BCUT2D eigenvalue weighted by Gasteiger charge is -2.10. The molecule has 2 aromatic carbocycles. The van der Waals surface area contributed by atoms with Gasteiger partial charge in [-0.1, -0.05) is 24.3 Å². The first-order chi connectivity index (χ1) is 8.85. The molecule has 0 atom stereocenters. The van der Waals surface area contributed by atoms with E-state index in [0.717, 1.165) is 11.2 Å². The molecule has 0 radical (unpaired) electrons. The van der Waals surface area contributed by atoms with Crippen LogP contribution >= 0.6 is 12.0 Å². The van der Waals surface area contributed by atoms with Crippen LogP contribution in [0.15, 0.2) is 53.4 Å². The smallest absolute Gasteiger partial charge is 0.190 e. The molecule has 0 aliphatic carbocycles. The lowest BCUT2D eigenvalue weighted by molar-refractivity contribution is 0.112. The van der Waals surface area contributed by atoms with E-state index in [-0.39, 0.29) is 0 Å². The molecule has 0 heterocycles. The summed E-state index contributed by atoms with van der Waals surface area (Å²) in [5.74, 6) is 0.992. The van der Waals surface area contributed by atoms with Gasteiger partial charge < -0.3 is 8.92 Å². The van der Waals surface area contributed by atoms with Crippen LogP contribution in [0.5, 0.6) is 11.5 Å². The largest absolute Gasteiger partial charge is 0.493 e. The summed E-state index contributed by atoms with van der Waals surface area (Å²) in [4.78, 5) is 11.9. The highest BCUT2D eigenvalue weighted by molar-refractivity contribution is 7.95. The molecule has 92 valence electrons. The second kappa shape index (κ2) is 6.12. The Hall–Kier alpha value is -1.94. The number of aldehydes is 1. The molecule has 0 aliphatic heterocycles. The van der Waals surface area contributed by atoms with E-state index in [1.54, 1.807) is 25.3 Å². The first-order valence-electron chi connectivity index (χ1n) is 5.37. The summed E-state index contributed by atoms with van der Waals surface area (Å²) in [7, 11) is 1.55. The van der Waals surface area contributed by atoms with Crippen molar-refractivity contribution in [1.29, 1.82) is 0 Å². The number of hydrogen-bond acceptors (Lipinski definition) is 4. The van der Waals surface area contributed by atoms with Gasteiger partial charge in [-0.3, -0.25) is 4.79 Å². The van der Waals surface area contributed by atoms with Crippen LogP contribution in [0.4, 0.5) is 0 Å². The highest BCUT2D eigenvalue weighted by atomic mass is 32.2. The lowest BCUT2D eigenvalue weighted by atomic mass is 10.2. The van der Waals surface area contributed by atoms with Crippen molar-refractivity contribution in [2.24, 2.45) is 0 Å². The average molecular weight is 260 g/mol. The number of hydrogen-bond donors (Lipinski definition) is 0. The van der Waals surface area contributed by atoms with Gasteiger partial charge in [-0.15, -0.1) is 0 Å². The molecule has 0 aliphatic rings. The van der Waals surface area contributed by atoms with Crippen LogP contribution in [0.3, 0.4) is 0 Å². The molecule has 0 aromatic heterocycles. The van der Waals surface area contributed by atoms with Gasteiger partial charge in [-0.25, -0.2) is 0 Å². The third-order valence-corrected chi connectivity index (χ3v) is 3.04. The molecule has 3 nitrogen and oxygen atoms in total. The fraction of sp³-hybridized carbons (Fsp3) is 0.0714. The fourth-order valence-electron chi connectivity index (χ4n) is 1.44. The lowest BCUT2D eigenvalue weighted by Crippen LogP contribution is -1.93. The molecular weight excluding hydrogens is 248 g/mol. The first-order valence-corrected chi connectivity index (χ1v) is 6.11. The highest BCUT2D eigenvalue weighted by Crippen LogP contribution is 2.34. The Balaban J connectivity index is 2.20. The van der Waals surface area contributed by atoms with E-state index < -0.39 is 0 Å². The maximum Gasteiger partial charge on any atom is 0.190 e. The predicted octanol–water partition coefficient (Wildman–Crippen LogP) is 3.59. The summed E-state index contributed by atoms with van der Waals surface area (Å²) in [5, 5.41) is 0. The molecule has 2 aromatic rings. The Kier molecular flexibility index (Phi) is 4.25. The monoisotopic (exact) mass is 260 g/mol. The number of methoxy groups -OCH3 is 1. The van der Waals surface area contributed by atoms with Crippen molar-refractivity contribution < 1.29 is 13.7 Å². The van der Waals surface area contributed by atoms with Gasteiger partial charge in [0.1, 0.15) is 0 Å². The highest BCUT2D eigenvalue weighted by Gasteiger charge is 2.11. The van der Waals surface area contributed by atoms with Crippen LogP contribution in [-0.4, -0.2) is 13.4 Å². The number of benzene rings is 2. The number of carbonyl (C=O) groups is 1. The maximum absolute atomic E-state index is 11.0. The standard InChI is InChI=1S/C14H12O3S/c1-16-13-9-5-6-11(10-15)14(13)17-18-12-7-3-2-4-8-12/h2-10H,1H3. The van der Waals surface area contributed by atoms with Crippen molar-refractivity contribution in [2.45, 2.75) is 4.90 Å². The van der Waals surface area contributed by atoms with Gasteiger partial charge in [0.25, 0.3) is 0 Å². The molecule has 0 spiro atoms. The summed E-state index contributed by atoms with van der Waals surface area (Å²) < 4.78 is 10.8. The van der Waals surface area contributed by atoms with Crippen LogP contribution in [0, 0.1) is 0 Å². The number of para-hydroxylation sites is 1. The zero-order valence-electron chi connectivity index (χ0n) is 9.83. The Morgan fingerprint density at radius 1 is 1.06 bits per heavy atom. The minimum atomic E-state index is 0.448. The predicted molar refractivity (Wildman–Crippen MR) is 71.3 cm³/mol. The zero-order valence-corrected chi connectivity index (χ0v) is 10.6. The zero-order chi connectivity index (χ0) is 12.8. The Morgan fingerprint density at radius 2 is 1.83 bits per heavy atom. The Labute approximate surface area is 110 Å². The van der Waals surface area contributed by atoms with Gasteiger partial charge in [0.15, 0.2) is 17.8 Å². The third-order valence-electron chi connectivity index (χ3n) is 2.32. The van der Waals surface area contributed by atoms with Crippen molar-refractivity contribution in [2.75, 3.05) is 7.11 Å². The van der Waals surface area contributed by atoms with Crippen LogP contribution < -0.4 is 8.92 Å². The van der Waals surface area contributed by atoms with Gasteiger partial charge in [0.05, 0.1) is 24.7 Å². The third kappa shape index (κ3) is 2.84. The topological polar surface area (TPSA) is 35.5 Å². The molecule has 0 saturated carbocycles. The molecule has 0 unspecified atom stereocenters. The fourth-order valence-corrected chi connectivity index (χ4v) is 2.07. The summed E-state index contributed by atoms with van der Waals surface area (Å²) in [5.41, 5.74) is 0.470. The average Bonchev–Trinajstić information content (AvgIpc) is 2.45. The quantitative estimate of drug-likeness (QED) is 0.608. The SMILES string of the molecule is COc1cccc(C=O)c1OSc1ccccc1. The van der Waals surface area contributed by atoms with Crippen LogP contribution in [0.1, 0.15) is 10.4 Å². The molecule has 0 saturated heterocycles. The van der Waals surface area contributed by atoms with Crippen molar-refractivity contribution in [3.8, 4) is 11.5 Å². The van der Waals surface area contributed by atoms with Crippen molar-refractivity contribution >= 4 is 18.3 Å². The van der Waals surface area contributed by atoms with Gasteiger partial charge in [-0.05, 0) is 24.3 Å². The molecule has 0 bridgehead atoms. The van der Waals surface area contributed by atoms with Crippen molar-refractivity contribution in [3.63, 3.8) is 0 Å². The Morgan fingerprint density at radius 3 is 2.50 bits per heavy atom. The van der Waals surface area contributed by atoms with E-state index in [0.29, 0.717) is 17.1 Å². The second-order valence-electron chi connectivity index (χ2n) is 3.48. The molecule has 0 N–H and O–H groups in total. The summed E-state index contributed by atoms with van der Waals surface area (Å²) in [6.45, 7) is 0. The molecular formula is C14H12O3S. The van der Waals surface area contributed by atoms with Gasteiger partial charge >= 0.3 is 0 Å². The van der Waals surface area contributed by atoms with Gasteiger partial charge in [-0.2, -0.15) is 0 Å². The van der Waals surface area contributed by atoms with E-state index in [1.165, 1.54) is 12.0 Å². The normalized spacial score (nSPS) is 9.83. The van der Waals surface area contributed by atoms with Gasteiger partial charge in [0, 0.05) is 4.90 Å². The van der Waals surface area contributed by atoms with E-state index in [2.05, 4.69) is 0 Å². The molecule has 0 amide bonds. The van der Waals surface area contributed by atoms with Crippen molar-refractivity contribution in [1.82, 2.24) is 0 Å². The summed E-state index contributed by atoms with van der Waals surface area (Å²) in [6.07, 6.45) is 0.753. The van der Waals surface area contributed by atoms with Crippen LogP contribution in [-0.2, 0) is 0 Å². The minimum absolute atomic E-state index is 0.448. The molecule has 2 rings (SSSR count). The van der Waals surface area contributed by atoms with E-state index in [9.17, 15) is 4.79 Å². The van der Waals surface area contributed by atoms with Gasteiger partial charge in [0.2, 0.25) is 0 Å². The van der Waals surface area contributed by atoms with E-state index >= 15 is 0 Å². The van der Waals surface area contributed by atoms with E-state index in [4.69, 9.17) is 8.92 Å². The minimum Gasteiger partial charge on any atom is -0.493 e.